The maximum Gasteiger partial charge on any atom is 0.240 e. The first-order chi connectivity index (χ1) is 7.99. The van der Waals surface area contributed by atoms with Crippen molar-refractivity contribution in [3.63, 3.8) is 0 Å². The van der Waals surface area contributed by atoms with Crippen LogP contribution in [0.1, 0.15) is 36.1 Å². The van der Waals surface area contributed by atoms with Crippen molar-refractivity contribution in [3.05, 3.63) is 34.4 Å². The van der Waals surface area contributed by atoms with Crippen molar-refractivity contribution in [1.82, 2.24) is 5.01 Å². The predicted molar refractivity (Wildman–Crippen MR) is 70.6 cm³/mol. The molecule has 94 valence electrons. The SMILES string of the molecule is CCc1cc(C)cc(CC)c1CC(=O)N(C)N. The molecule has 0 unspecified atom stereocenters. The third-order valence-electron chi connectivity index (χ3n) is 3.06. The van der Waals surface area contributed by atoms with Crippen molar-refractivity contribution in [2.75, 3.05) is 7.05 Å². The Bertz CT molecular complexity index is 386. The summed E-state index contributed by atoms with van der Waals surface area (Å²) in [5.41, 5.74) is 4.94. The molecule has 0 bridgehead atoms. The van der Waals surface area contributed by atoms with Crippen molar-refractivity contribution in [1.29, 1.82) is 0 Å². The first-order valence-corrected chi connectivity index (χ1v) is 6.12. The minimum atomic E-state index is -0.0433. The average molecular weight is 234 g/mol. The van der Waals surface area contributed by atoms with Crippen LogP contribution in [0.4, 0.5) is 0 Å². The third-order valence-corrected chi connectivity index (χ3v) is 3.06. The smallest absolute Gasteiger partial charge is 0.240 e. The molecule has 3 heteroatoms. The zero-order valence-electron chi connectivity index (χ0n) is 11.2. The zero-order chi connectivity index (χ0) is 13.0. The number of benzene rings is 1. The van der Waals surface area contributed by atoms with E-state index in [4.69, 9.17) is 5.84 Å². The lowest BCUT2D eigenvalue weighted by molar-refractivity contribution is -0.129. The summed E-state index contributed by atoms with van der Waals surface area (Å²) in [6.07, 6.45) is 2.30. The molecule has 0 saturated heterocycles. The van der Waals surface area contributed by atoms with Gasteiger partial charge in [-0.1, -0.05) is 31.5 Å². The van der Waals surface area contributed by atoms with Gasteiger partial charge in [-0.25, -0.2) is 5.84 Å². The second-order valence-corrected chi connectivity index (χ2v) is 4.45. The lowest BCUT2D eigenvalue weighted by Crippen LogP contribution is -2.34. The molecule has 0 radical (unpaired) electrons. The molecule has 0 aromatic heterocycles. The van der Waals surface area contributed by atoms with Crippen LogP contribution in [0.25, 0.3) is 0 Å². The summed E-state index contributed by atoms with van der Waals surface area (Å²) in [7, 11) is 1.59. The van der Waals surface area contributed by atoms with Crippen LogP contribution in [0.3, 0.4) is 0 Å². The van der Waals surface area contributed by atoms with Crippen molar-refractivity contribution >= 4 is 5.91 Å². The molecule has 1 aromatic rings. The van der Waals surface area contributed by atoms with E-state index in [0.29, 0.717) is 6.42 Å². The summed E-state index contributed by atoms with van der Waals surface area (Å²) < 4.78 is 0. The molecular weight excluding hydrogens is 212 g/mol. The fourth-order valence-electron chi connectivity index (χ4n) is 2.11. The fourth-order valence-corrected chi connectivity index (χ4v) is 2.11. The molecule has 0 aliphatic carbocycles. The van der Waals surface area contributed by atoms with Crippen LogP contribution in [0, 0.1) is 6.92 Å². The Morgan fingerprint density at radius 2 is 1.71 bits per heavy atom. The van der Waals surface area contributed by atoms with Crippen molar-refractivity contribution in [2.24, 2.45) is 5.84 Å². The van der Waals surface area contributed by atoms with E-state index in [2.05, 4.69) is 32.9 Å². The van der Waals surface area contributed by atoms with Crippen LogP contribution in [0.5, 0.6) is 0 Å². The third kappa shape index (κ3) is 3.30. The van der Waals surface area contributed by atoms with Gasteiger partial charge >= 0.3 is 0 Å². The predicted octanol–water partition coefficient (Wildman–Crippen LogP) is 1.99. The summed E-state index contributed by atoms with van der Waals surface area (Å²) in [5.74, 6) is 5.44. The molecule has 0 heterocycles. The number of amides is 1. The second-order valence-electron chi connectivity index (χ2n) is 4.45. The molecule has 3 nitrogen and oxygen atoms in total. The maximum absolute atomic E-state index is 11.7. The molecule has 0 aliphatic rings. The van der Waals surface area contributed by atoms with Crippen LogP contribution in [0.2, 0.25) is 0 Å². The number of carbonyl (C=O) groups excluding carboxylic acids is 1. The summed E-state index contributed by atoms with van der Waals surface area (Å²) in [5, 5.41) is 1.17. The summed E-state index contributed by atoms with van der Waals surface area (Å²) in [6.45, 7) is 6.33. The van der Waals surface area contributed by atoms with E-state index < -0.39 is 0 Å². The van der Waals surface area contributed by atoms with E-state index in [1.165, 1.54) is 21.7 Å². The Kier molecular flexibility index (Phi) is 4.70. The van der Waals surface area contributed by atoms with Gasteiger partial charge < -0.3 is 0 Å². The number of hydrazine groups is 1. The molecule has 0 aliphatic heterocycles. The first kappa shape index (κ1) is 13.7. The molecule has 0 fully saturated rings. The molecule has 0 atom stereocenters. The summed E-state index contributed by atoms with van der Waals surface area (Å²) in [4.78, 5) is 11.7. The Labute approximate surface area is 104 Å². The van der Waals surface area contributed by atoms with E-state index >= 15 is 0 Å². The van der Waals surface area contributed by atoms with Crippen LogP contribution in [-0.4, -0.2) is 18.0 Å². The van der Waals surface area contributed by atoms with E-state index in [-0.39, 0.29) is 5.91 Å². The fraction of sp³-hybridized carbons (Fsp3) is 0.500. The highest BCUT2D eigenvalue weighted by molar-refractivity contribution is 5.78. The lowest BCUT2D eigenvalue weighted by atomic mass is 9.92. The zero-order valence-corrected chi connectivity index (χ0v) is 11.2. The van der Waals surface area contributed by atoms with Gasteiger partial charge in [0.1, 0.15) is 0 Å². The molecule has 2 N–H and O–H groups in total. The van der Waals surface area contributed by atoms with E-state index in [1.54, 1.807) is 7.05 Å². The van der Waals surface area contributed by atoms with Crippen LogP contribution < -0.4 is 5.84 Å². The molecule has 1 aromatic carbocycles. The minimum Gasteiger partial charge on any atom is -0.284 e. The van der Waals surface area contributed by atoms with E-state index in [1.807, 2.05) is 0 Å². The lowest BCUT2D eigenvalue weighted by Gasteiger charge is -2.16. The average Bonchev–Trinajstić information content (AvgIpc) is 2.30. The number of nitrogens with zero attached hydrogens (tertiary/aromatic N) is 1. The monoisotopic (exact) mass is 234 g/mol. The number of carbonyl (C=O) groups is 1. The van der Waals surface area contributed by atoms with E-state index in [9.17, 15) is 4.79 Å². The van der Waals surface area contributed by atoms with Gasteiger partial charge in [-0.3, -0.25) is 9.80 Å². The van der Waals surface area contributed by atoms with Crippen molar-refractivity contribution in [2.45, 2.75) is 40.0 Å². The van der Waals surface area contributed by atoms with Crippen LogP contribution >= 0.6 is 0 Å². The molecule has 0 saturated carbocycles. The number of hydrogen-bond donors (Lipinski definition) is 1. The number of hydrogen-bond acceptors (Lipinski definition) is 2. The summed E-state index contributed by atoms with van der Waals surface area (Å²) in [6, 6.07) is 4.33. The maximum atomic E-state index is 11.7. The second kappa shape index (κ2) is 5.82. The number of rotatable bonds is 4. The van der Waals surface area contributed by atoms with E-state index in [0.717, 1.165) is 18.4 Å². The normalized spacial score (nSPS) is 10.4. The Morgan fingerprint density at radius 1 is 1.24 bits per heavy atom. The first-order valence-electron chi connectivity index (χ1n) is 6.12. The van der Waals surface area contributed by atoms with Gasteiger partial charge in [0.25, 0.3) is 0 Å². The quantitative estimate of drug-likeness (QED) is 0.492. The van der Waals surface area contributed by atoms with Crippen LogP contribution in [-0.2, 0) is 24.1 Å². The van der Waals surface area contributed by atoms with Crippen molar-refractivity contribution in [3.8, 4) is 0 Å². The van der Waals surface area contributed by atoms with Gasteiger partial charge in [0.2, 0.25) is 5.91 Å². The van der Waals surface area contributed by atoms with Gasteiger partial charge in [-0.15, -0.1) is 0 Å². The molecule has 17 heavy (non-hydrogen) atoms. The Morgan fingerprint density at radius 3 is 2.06 bits per heavy atom. The molecule has 0 spiro atoms. The highest BCUT2D eigenvalue weighted by atomic mass is 16.2. The molecule has 1 rings (SSSR count). The largest absolute Gasteiger partial charge is 0.284 e. The van der Waals surface area contributed by atoms with Gasteiger partial charge in [-0.05, 0) is 36.5 Å². The van der Waals surface area contributed by atoms with Gasteiger partial charge in [0.15, 0.2) is 0 Å². The van der Waals surface area contributed by atoms with Gasteiger partial charge in [0, 0.05) is 7.05 Å². The number of aryl methyl sites for hydroxylation is 3. The summed E-state index contributed by atoms with van der Waals surface area (Å²) >= 11 is 0. The Hall–Kier alpha value is -1.35. The minimum absolute atomic E-state index is 0.0433. The highest BCUT2D eigenvalue weighted by Gasteiger charge is 2.13. The van der Waals surface area contributed by atoms with Gasteiger partial charge in [0.05, 0.1) is 6.42 Å². The number of likely N-dealkylation sites (N-methyl/N-ethyl adjacent to an activating group) is 1. The molecular formula is C14H22N2O. The topological polar surface area (TPSA) is 46.3 Å². The standard InChI is InChI=1S/C14H22N2O/c1-5-11-7-10(3)8-12(6-2)13(11)9-14(17)16(4)15/h7-8H,5-6,9,15H2,1-4H3. The van der Waals surface area contributed by atoms with Crippen molar-refractivity contribution < 1.29 is 4.79 Å². The molecule has 1 amide bonds. The highest BCUT2D eigenvalue weighted by Crippen LogP contribution is 2.20. The van der Waals surface area contributed by atoms with Crippen LogP contribution in [0.15, 0.2) is 12.1 Å². The Balaban J connectivity index is 3.15. The van der Waals surface area contributed by atoms with Gasteiger partial charge in [-0.2, -0.15) is 0 Å². The number of nitrogens with two attached hydrogens (primary N) is 1.